The van der Waals surface area contributed by atoms with Crippen LogP contribution in [0.4, 0.5) is 0 Å². The molecule has 1 aliphatic rings. The quantitative estimate of drug-likeness (QED) is 0.918. The molecule has 5 heteroatoms. The van der Waals surface area contributed by atoms with Gasteiger partial charge in [-0.2, -0.15) is 0 Å². The topological polar surface area (TPSA) is 38.7 Å². The van der Waals surface area contributed by atoms with Crippen molar-refractivity contribution in [3.05, 3.63) is 27.7 Å². The van der Waals surface area contributed by atoms with Gasteiger partial charge in [0.15, 0.2) is 0 Å². The summed E-state index contributed by atoms with van der Waals surface area (Å²) in [6.07, 6.45) is -0.0471. The van der Waals surface area contributed by atoms with Gasteiger partial charge >= 0.3 is 0 Å². The lowest BCUT2D eigenvalue weighted by Crippen LogP contribution is -2.23. The van der Waals surface area contributed by atoms with Gasteiger partial charge in [-0.15, -0.1) is 0 Å². The van der Waals surface area contributed by atoms with E-state index in [1.165, 1.54) is 0 Å². The molecular weight excluding hydrogens is 287 g/mol. The van der Waals surface area contributed by atoms with E-state index in [1.54, 1.807) is 12.1 Å². The normalized spacial score (nSPS) is 24.5. The minimum absolute atomic E-state index is 0.230. The zero-order valence-corrected chi connectivity index (χ0v) is 12.5. The average Bonchev–Trinajstić information content (AvgIpc) is 2.79. The highest BCUT2D eigenvalue weighted by Crippen LogP contribution is 2.38. The molecule has 0 amide bonds. The number of aliphatic hydroxyl groups excluding tert-OH is 1. The Labute approximate surface area is 123 Å². The second-order valence-electron chi connectivity index (χ2n) is 4.78. The minimum atomic E-state index is -0.766. The van der Waals surface area contributed by atoms with E-state index >= 15 is 0 Å². The van der Waals surface area contributed by atoms with Crippen LogP contribution in [-0.4, -0.2) is 24.4 Å². The Morgan fingerprint density at radius 1 is 1.42 bits per heavy atom. The number of hydrogen-bond acceptors (Lipinski definition) is 3. The molecular formula is C14H18Cl2O3. The number of rotatable bonds is 4. The zero-order valence-electron chi connectivity index (χ0n) is 11.0. The molecule has 0 bridgehead atoms. The van der Waals surface area contributed by atoms with Crippen molar-refractivity contribution in [2.45, 2.75) is 32.5 Å². The summed E-state index contributed by atoms with van der Waals surface area (Å²) < 4.78 is 10.9. The van der Waals surface area contributed by atoms with Crippen LogP contribution >= 0.6 is 23.2 Å². The fraction of sp³-hybridized carbons (Fsp3) is 0.571. The summed E-state index contributed by atoms with van der Waals surface area (Å²) >= 11 is 12.3. The molecule has 1 saturated heterocycles. The first-order valence-corrected chi connectivity index (χ1v) is 7.21. The molecule has 0 aliphatic carbocycles. The largest absolute Gasteiger partial charge is 0.492 e. The Balaban J connectivity index is 2.26. The molecule has 0 aromatic heterocycles. The summed E-state index contributed by atoms with van der Waals surface area (Å²) in [5.74, 6) is 0.835. The molecule has 106 valence electrons. The van der Waals surface area contributed by atoms with E-state index in [9.17, 15) is 5.11 Å². The van der Waals surface area contributed by atoms with Gasteiger partial charge < -0.3 is 14.6 Å². The Morgan fingerprint density at radius 2 is 2.16 bits per heavy atom. The summed E-state index contributed by atoms with van der Waals surface area (Å²) in [4.78, 5) is 0. The molecule has 1 aliphatic heterocycles. The number of halogens is 2. The molecule has 0 saturated carbocycles. The van der Waals surface area contributed by atoms with Crippen molar-refractivity contribution in [2.24, 2.45) is 5.92 Å². The molecule has 3 atom stereocenters. The monoisotopic (exact) mass is 304 g/mol. The van der Waals surface area contributed by atoms with Crippen LogP contribution in [0, 0.1) is 5.92 Å². The van der Waals surface area contributed by atoms with Crippen LogP contribution in [-0.2, 0) is 4.74 Å². The number of hydrogen-bond donors (Lipinski definition) is 1. The van der Waals surface area contributed by atoms with E-state index in [1.807, 2.05) is 6.92 Å². The second kappa shape index (κ2) is 6.31. The first kappa shape index (κ1) is 14.9. The fourth-order valence-electron chi connectivity index (χ4n) is 2.33. The van der Waals surface area contributed by atoms with Crippen molar-refractivity contribution in [3.8, 4) is 5.75 Å². The van der Waals surface area contributed by atoms with Gasteiger partial charge in [-0.25, -0.2) is 0 Å². The van der Waals surface area contributed by atoms with Gasteiger partial charge in [-0.05, 0) is 25.3 Å². The maximum atomic E-state index is 10.4. The van der Waals surface area contributed by atoms with Crippen molar-refractivity contribution in [1.29, 1.82) is 0 Å². The van der Waals surface area contributed by atoms with E-state index in [0.717, 1.165) is 6.42 Å². The van der Waals surface area contributed by atoms with E-state index in [4.69, 9.17) is 32.7 Å². The standard InChI is InChI=1S/C14H18Cl2O3/c1-3-18-12-7-10(15)9(6-11(12)16)13(17)14-8(2)4-5-19-14/h6-8,13-14,17H,3-5H2,1-2H3. The molecule has 1 aromatic carbocycles. The Bertz CT molecular complexity index is 451. The average molecular weight is 305 g/mol. The van der Waals surface area contributed by atoms with Crippen LogP contribution in [0.1, 0.15) is 31.9 Å². The molecule has 0 spiro atoms. The Hall–Kier alpha value is -0.480. The van der Waals surface area contributed by atoms with Gasteiger partial charge in [-0.3, -0.25) is 0 Å². The first-order valence-electron chi connectivity index (χ1n) is 6.46. The Morgan fingerprint density at radius 3 is 2.74 bits per heavy atom. The SMILES string of the molecule is CCOc1cc(Cl)c(C(O)C2OCCC2C)cc1Cl. The maximum absolute atomic E-state index is 10.4. The highest BCUT2D eigenvalue weighted by molar-refractivity contribution is 6.34. The van der Waals surface area contributed by atoms with Crippen molar-refractivity contribution in [2.75, 3.05) is 13.2 Å². The van der Waals surface area contributed by atoms with Crippen molar-refractivity contribution < 1.29 is 14.6 Å². The number of ether oxygens (including phenoxy) is 2. The van der Waals surface area contributed by atoms with Gasteiger partial charge in [0, 0.05) is 18.2 Å². The molecule has 1 aromatic rings. The lowest BCUT2D eigenvalue weighted by Gasteiger charge is -2.23. The summed E-state index contributed by atoms with van der Waals surface area (Å²) in [5.41, 5.74) is 0.592. The van der Waals surface area contributed by atoms with Crippen molar-refractivity contribution in [1.82, 2.24) is 0 Å². The van der Waals surface area contributed by atoms with Crippen LogP contribution in [0.3, 0.4) is 0 Å². The van der Waals surface area contributed by atoms with Gasteiger partial charge in [0.25, 0.3) is 0 Å². The predicted molar refractivity (Wildman–Crippen MR) is 76.1 cm³/mol. The first-order chi connectivity index (χ1) is 9.04. The van der Waals surface area contributed by atoms with Gasteiger partial charge in [-0.1, -0.05) is 30.1 Å². The molecule has 3 unspecified atom stereocenters. The van der Waals surface area contributed by atoms with Crippen LogP contribution in [0.15, 0.2) is 12.1 Å². The third-order valence-electron chi connectivity index (χ3n) is 3.43. The minimum Gasteiger partial charge on any atom is -0.492 e. The fourth-order valence-corrected chi connectivity index (χ4v) is 2.83. The second-order valence-corrected chi connectivity index (χ2v) is 5.60. The third kappa shape index (κ3) is 3.16. The van der Waals surface area contributed by atoms with E-state index in [2.05, 4.69) is 6.92 Å². The summed E-state index contributed by atoms with van der Waals surface area (Å²) in [7, 11) is 0. The predicted octanol–water partition coefficient (Wildman–Crippen LogP) is 3.85. The molecule has 1 fully saturated rings. The maximum Gasteiger partial charge on any atom is 0.139 e. The zero-order chi connectivity index (χ0) is 14.0. The van der Waals surface area contributed by atoms with Crippen molar-refractivity contribution >= 4 is 23.2 Å². The highest BCUT2D eigenvalue weighted by atomic mass is 35.5. The van der Waals surface area contributed by atoms with Crippen molar-refractivity contribution in [3.63, 3.8) is 0 Å². The summed E-state index contributed by atoms with van der Waals surface area (Å²) in [6.45, 7) is 5.12. The third-order valence-corrected chi connectivity index (χ3v) is 4.05. The Kier molecular flexibility index (Phi) is 4.96. The number of benzene rings is 1. The molecule has 2 rings (SSSR count). The van der Waals surface area contributed by atoms with Crippen LogP contribution < -0.4 is 4.74 Å². The van der Waals surface area contributed by atoms with Crippen LogP contribution in [0.5, 0.6) is 5.75 Å². The van der Waals surface area contributed by atoms with Gasteiger partial charge in [0.1, 0.15) is 11.9 Å². The number of aliphatic hydroxyl groups is 1. The molecule has 1 N–H and O–H groups in total. The molecule has 0 radical (unpaired) electrons. The lowest BCUT2D eigenvalue weighted by atomic mass is 9.94. The van der Waals surface area contributed by atoms with E-state index in [0.29, 0.717) is 40.5 Å². The smallest absolute Gasteiger partial charge is 0.139 e. The highest BCUT2D eigenvalue weighted by Gasteiger charge is 2.33. The van der Waals surface area contributed by atoms with E-state index < -0.39 is 6.10 Å². The van der Waals surface area contributed by atoms with E-state index in [-0.39, 0.29) is 6.10 Å². The summed E-state index contributed by atoms with van der Waals surface area (Å²) in [6, 6.07) is 3.31. The van der Waals surface area contributed by atoms with Crippen LogP contribution in [0.2, 0.25) is 10.0 Å². The lowest BCUT2D eigenvalue weighted by molar-refractivity contribution is -0.0177. The van der Waals surface area contributed by atoms with Crippen LogP contribution in [0.25, 0.3) is 0 Å². The van der Waals surface area contributed by atoms with Gasteiger partial charge in [0.05, 0.1) is 22.8 Å². The summed E-state index contributed by atoms with van der Waals surface area (Å²) in [5, 5.41) is 11.3. The molecule has 3 nitrogen and oxygen atoms in total. The van der Waals surface area contributed by atoms with Gasteiger partial charge in [0.2, 0.25) is 0 Å². The molecule has 1 heterocycles. The molecule has 19 heavy (non-hydrogen) atoms.